The molecule has 0 atom stereocenters. The quantitative estimate of drug-likeness (QED) is 0.702. The number of furan rings is 1. The number of carbonyl (C=O) groups is 1. The summed E-state index contributed by atoms with van der Waals surface area (Å²) in [5.74, 6) is 0.649. The fourth-order valence-corrected chi connectivity index (χ4v) is 3.33. The molecule has 0 bridgehead atoms. The Balaban J connectivity index is 1.58. The Bertz CT molecular complexity index is 814. The highest BCUT2D eigenvalue weighted by molar-refractivity contribution is 7.98. The number of benzene rings is 1. The molecule has 2 heterocycles. The highest BCUT2D eigenvalue weighted by Crippen LogP contribution is 2.24. The molecule has 0 aliphatic heterocycles. The molecule has 2 aromatic heterocycles. The Morgan fingerprint density at radius 3 is 2.83 bits per heavy atom. The van der Waals surface area contributed by atoms with E-state index in [0.29, 0.717) is 27.4 Å². The van der Waals surface area contributed by atoms with Crippen LogP contribution in [0, 0.1) is 12.7 Å². The number of hydrogen-bond donors (Lipinski definition) is 1. The van der Waals surface area contributed by atoms with E-state index in [0.717, 1.165) is 17.1 Å². The van der Waals surface area contributed by atoms with Crippen LogP contribution in [-0.4, -0.2) is 15.3 Å². The van der Waals surface area contributed by atoms with Gasteiger partial charge in [0.25, 0.3) is 5.91 Å². The first kappa shape index (κ1) is 15.7. The molecule has 0 fully saturated rings. The first-order valence-electron chi connectivity index (χ1n) is 6.68. The highest BCUT2D eigenvalue weighted by atomic mass is 32.2. The van der Waals surface area contributed by atoms with Crippen LogP contribution >= 0.6 is 23.3 Å². The van der Waals surface area contributed by atoms with Crippen LogP contribution in [0.3, 0.4) is 0 Å². The van der Waals surface area contributed by atoms with Gasteiger partial charge < -0.3 is 4.42 Å². The molecule has 0 aliphatic rings. The van der Waals surface area contributed by atoms with E-state index < -0.39 is 0 Å². The third kappa shape index (κ3) is 3.96. The number of carbonyl (C=O) groups excluding carboxylic acids is 1. The van der Waals surface area contributed by atoms with Gasteiger partial charge in [0.15, 0.2) is 0 Å². The molecule has 3 rings (SSSR count). The lowest BCUT2D eigenvalue weighted by atomic mass is 10.2. The van der Waals surface area contributed by atoms with E-state index in [-0.39, 0.29) is 11.7 Å². The van der Waals surface area contributed by atoms with Crippen molar-refractivity contribution in [1.29, 1.82) is 0 Å². The second-order valence-corrected chi connectivity index (χ2v) is 6.34. The van der Waals surface area contributed by atoms with Gasteiger partial charge in [-0.25, -0.2) is 4.39 Å². The molecule has 23 heavy (non-hydrogen) atoms. The Kier molecular flexibility index (Phi) is 4.73. The van der Waals surface area contributed by atoms with Crippen LogP contribution in [-0.2, 0) is 5.75 Å². The number of rotatable bonds is 5. The Morgan fingerprint density at radius 2 is 2.13 bits per heavy atom. The van der Waals surface area contributed by atoms with Crippen LogP contribution in [0.4, 0.5) is 9.52 Å². The molecule has 0 radical (unpaired) electrons. The van der Waals surface area contributed by atoms with Crippen molar-refractivity contribution in [3.63, 3.8) is 0 Å². The number of anilines is 1. The molecular weight excluding hydrogens is 337 g/mol. The number of aryl methyl sites for hydroxylation is 1. The van der Waals surface area contributed by atoms with Crippen LogP contribution in [0.15, 0.2) is 46.2 Å². The summed E-state index contributed by atoms with van der Waals surface area (Å²) in [6.07, 6.45) is 1.47. The Morgan fingerprint density at radius 1 is 1.35 bits per heavy atom. The fourth-order valence-electron chi connectivity index (χ4n) is 1.83. The molecule has 0 spiro atoms. The van der Waals surface area contributed by atoms with Gasteiger partial charge in [0.1, 0.15) is 11.6 Å². The SMILES string of the molecule is Cc1occc1C(=O)Nc1nc(SCc2ccc(F)cc2)ns1. The molecule has 8 heteroatoms. The van der Waals surface area contributed by atoms with Crippen LogP contribution in [0.5, 0.6) is 0 Å². The minimum Gasteiger partial charge on any atom is -0.469 e. The van der Waals surface area contributed by atoms with Gasteiger partial charge in [-0.2, -0.15) is 9.36 Å². The summed E-state index contributed by atoms with van der Waals surface area (Å²) in [4.78, 5) is 16.3. The van der Waals surface area contributed by atoms with Crippen molar-refractivity contribution in [1.82, 2.24) is 9.36 Å². The molecule has 0 saturated heterocycles. The van der Waals surface area contributed by atoms with Crippen molar-refractivity contribution >= 4 is 34.3 Å². The summed E-state index contributed by atoms with van der Waals surface area (Å²) in [7, 11) is 0. The average Bonchev–Trinajstić information content (AvgIpc) is 3.15. The summed E-state index contributed by atoms with van der Waals surface area (Å²) in [6, 6.07) is 7.89. The summed E-state index contributed by atoms with van der Waals surface area (Å²) < 4.78 is 22.1. The number of halogens is 1. The van der Waals surface area contributed by atoms with Crippen LogP contribution in [0.1, 0.15) is 21.7 Å². The summed E-state index contributed by atoms with van der Waals surface area (Å²) in [6.45, 7) is 1.72. The van der Waals surface area contributed by atoms with E-state index in [2.05, 4.69) is 14.7 Å². The molecular formula is C15H12FN3O2S2. The van der Waals surface area contributed by atoms with Crippen LogP contribution in [0.2, 0.25) is 0 Å². The lowest BCUT2D eigenvalue weighted by Crippen LogP contribution is -2.11. The summed E-state index contributed by atoms with van der Waals surface area (Å²) in [5, 5.41) is 3.69. The lowest BCUT2D eigenvalue weighted by molar-refractivity contribution is 0.102. The van der Waals surface area contributed by atoms with E-state index in [1.54, 1.807) is 25.1 Å². The number of thioether (sulfide) groups is 1. The molecule has 1 N–H and O–H groups in total. The molecule has 118 valence electrons. The maximum Gasteiger partial charge on any atom is 0.261 e. The van der Waals surface area contributed by atoms with Crippen molar-refractivity contribution < 1.29 is 13.6 Å². The summed E-state index contributed by atoms with van der Waals surface area (Å²) >= 11 is 2.54. The monoisotopic (exact) mass is 349 g/mol. The molecule has 1 amide bonds. The number of aromatic nitrogens is 2. The molecule has 5 nitrogen and oxygen atoms in total. The van der Waals surface area contributed by atoms with Gasteiger partial charge in [-0.05, 0) is 30.7 Å². The molecule has 0 aliphatic carbocycles. The first-order chi connectivity index (χ1) is 11.1. The minimum absolute atomic E-state index is 0.259. The van der Waals surface area contributed by atoms with Crippen LogP contribution in [0.25, 0.3) is 0 Å². The summed E-state index contributed by atoms with van der Waals surface area (Å²) in [5.41, 5.74) is 1.45. The van der Waals surface area contributed by atoms with Gasteiger partial charge in [0, 0.05) is 17.3 Å². The fraction of sp³-hybridized carbons (Fsp3) is 0.133. The second-order valence-electron chi connectivity index (χ2n) is 4.64. The van der Waals surface area contributed by atoms with Gasteiger partial charge in [0.2, 0.25) is 10.3 Å². The van der Waals surface area contributed by atoms with Crippen molar-refractivity contribution in [2.24, 2.45) is 0 Å². The van der Waals surface area contributed by atoms with E-state index in [1.165, 1.54) is 30.2 Å². The average molecular weight is 349 g/mol. The predicted molar refractivity (Wildman–Crippen MR) is 87.3 cm³/mol. The standard InChI is InChI=1S/C15H12FN3O2S2/c1-9-12(6-7-21-9)13(20)17-14-18-15(19-23-14)22-8-10-2-4-11(16)5-3-10/h2-7H,8H2,1H3,(H,17,18,19,20). The van der Waals surface area contributed by atoms with Crippen molar-refractivity contribution in [2.75, 3.05) is 5.32 Å². The Labute approximate surface area is 140 Å². The maximum atomic E-state index is 12.8. The lowest BCUT2D eigenvalue weighted by Gasteiger charge is -1.99. The largest absolute Gasteiger partial charge is 0.469 e. The van der Waals surface area contributed by atoms with Gasteiger partial charge >= 0.3 is 0 Å². The number of hydrogen-bond acceptors (Lipinski definition) is 6. The second kappa shape index (κ2) is 6.93. The van der Waals surface area contributed by atoms with E-state index >= 15 is 0 Å². The topological polar surface area (TPSA) is 68.0 Å². The number of nitrogens with one attached hydrogen (secondary N) is 1. The first-order valence-corrected chi connectivity index (χ1v) is 8.44. The molecule has 1 aromatic carbocycles. The van der Waals surface area contributed by atoms with Gasteiger partial charge in [0.05, 0.1) is 11.8 Å². The Hall–Kier alpha value is -2.19. The van der Waals surface area contributed by atoms with Crippen molar-refractivity contribution in [3.8, 4) is 0 Å². The van der Waals surface area contributed by atoms with Crippen molar-refractivity contribution in [2.45, 2.75) is 17.8 Å². The zero-order valence-electron chi connectivity index (χ0n) is 12.1. The molecule has 0 saturated carbocycles. The maximum absolute atomic E-state index is 12.8. The highest BCUT2D eigenvalue weighted by Gasteiger charge is 2.14. The third-order valence-electron chi connectivity index (χ3n) is 3.01. The smallest absolute Gasteiger partial charge is 0.261 e. The molecule has 0 unspecified atom stereocenters. The van der Waals surface area contributed by atoms with Crippen LogP contribution < -0.4 is 5.32 Å². The van der Waals surface area contributed by atoms with E-state index in [4.69, 9.17) is 4.42 Å². The van der Waals surface area contributed by atoms with Gasteiger partial charge in [-0.1, -0.05) is 23.9 Å². The number of amides is 1. The van der Waals surface area contributed by atoms with Crippen molar-refractivity contribution in [3.05, 3.63) is 59.3 Å². The van der Waals surface area contributed by atoms with Gasteiger partial charge in [-0.3, -0.25) is 10.1 Å². The molecule has 3 aromatic rings. The minimum atomic E-state index is -0.275. The number of nitrogens with zero attached hydrogens (tertiary/aromatic N) is 2. The van der Waals surface area contributed by atoms with Gasteiger partial charge in [-0.15, -0.1) is 0 Å². The predicted octanol–water partition coefficient (Wildman–Crippen LogP) is 4.12. The normalized spacial score (nSPS) is 10.7. The third-order valence-corrected chi connectivity index (χ3v) is 4.68. The van der Waals surface area contributed by atoms with E-state index in [1.807, 2.05) is 0 Å². The zero-order chi connectivity index (χ0) is 16.2. The zero-order valence-corrected chi connectivity index (χ0v) is 13.7. The van der Waals surface area contributed by atoms with E-state index in [9.17, 15) is 9.18 Å².